The molecule has 0 fully saturated rings. The molecule has 1 N–H and O–H groups in total. The molecule has 9 heteroatoms. The standard InChI is InChI=1S/C27H38N2O6S/c1-20-11-7-8-12-21(20)16-18-29(26(31)35-27(2,3)4)17-10-9-13-24(30)22-14-15-25(34-5)23(19-22)28-36(6,32)33/h7-8,11-12,14-15,19,28H,9-10,13,16-18H2,1-6H3. The lowest BCUT2D eigenvalue weighted by molar-refractivity contribution is 0.0249. The number of rotatable bonds is 12. The van der Waals surface area contributed by atoms with Crippen LogP contribution in [0.4, 0.5) is 10.5 Å². The average molecular weight is 519 g/mol. The summed E-state index contributed by atoms with van der Waals surface area (Å²) >= 11 is 0. The summed E-state index contributed by atoms with van der Waals surface area (Å²) in [6, 6.07) is 12.8. The highest BCUT2D eigenvalue weighted by molar-refractivity contribution is 7.92. The Bertz CT molecular complexity index is 1160. The number of nitrogens with one attached hydrogen (secondary N) is 1. The van der Waals surface area contributed by atoms with Crippen molar-refractivity contribution in [3.63, 3.8) is 0 Å². The van der Waals surface area contributed by atoms with Crippen molar-refractivity contribution >= 4 is 27.6 Å². The van der Waals surface area contributed by atoms with Crippen LogP contribution in [0.25, 0.3) is 0 Å². The van der Waals surface area contributed by atoms with Gasteiger partial charge < -0.3 is 14.4 Å². The molecule has 8 nitrogen and oxygen atoms in total. The molecule has 0 heterocycles. The molecule has 0 radical (unpaired) electrons. The third kappa shape index (κ3) is 9.89. The molecule has 0 saturated carbocycles. The van der Waals surface area contributed by atoms with Gasteiger partial charge in [0.2, 0.25) is 10.0 Å². The summed E-state index contributed by atoms with van der Waals surface area (Å²) in [5.41, 5.74) is 2.37. The molecule has 2 rings (SSSR count). The molecule has 36 heavy (non-hydrogen) atoms. The Balaban J connectivity index is 1.99. The van der Waals surface area contributed by atoms with Crippen molar-refractivity contribution in [3.05, 3.63) is 59.2 Å². The Hall–Kier alpha value is -3.07. The SMILES string of the molecule is COc1ccc(C(=O)CCCCN(CCc2ccccc2C)C(=O)OC(C)(C)C)cc1NS(C)(=O)=O. The zero-order valence-electron chi connectivity index (χ0n) is 22.1. The average Bonchev–Trinajstić information content (AvgIpc) is 2.77. The van der Waals surface area contributed by atoms with Crippen LogP contribution in [0.2, 0.25) is 0 Å². The Kier molecular flexibility index (Phi) is 10.3. The van der Waals surface area contributed by atoms with Gasteiger partial charge in [-0.3, -0.25) is 9.52 Å². The van der Waals surface area contributed by atoms with E-state index in [0.717, 1.165) is 6.26 Å². The molecule has 0 aliphatic heterocycles. The molecule has 198 valence electrons. The van der Waals surface area contributed by atoms with Crippen LogP contribution in [0.3, 0.4) is 0 Å². The van der Waals surface area contributed by atoms with E-state index in [4.69, 9.17) is 9.47 Å². The highest BCUT2D eigenvalue weighted by Gasteiger charge is 2.22. The smallest absolute Gasteiger partial charge is 0.410 e. The van der Waals surface area contributed by atoms with Gasteiger partial charge in [-0.2, -0.15) is 0 Å². The van der Waals surface area contributed by atoms with Crippen molar-refractivity contribution in [2.45, 2.75) is 59.0 Å². The molecule has 0 bridgehead atoms. The Morgan fingerprint density at radius 2 is 1.72 bits per heavy atom. The van der Waals surface area contributed by atoms with E-state index < -0.39 is 15.6 Å². The van der Waals surface area contributed by atoms with E-state index in [1.807, 2.05) is 32.9 Å². The van der Waals surface area contributed by atoms with Gasteiger partial charge in [-0.25, -0.2) is 13.2 Å². The first kappa shape index (κ1) is 29.2. The van der Waals surface area contributed by atoms with Crippen LogP contribution in [0.5, 0.6) is 5.75 Å². The molecule has 0 unspecified atom stereocenters. The highest BCUT2D eigenvalue weighted by Crippen LogP contribution is 2.27. The van der Waals surface area contributed by atoms with Gasteiger partial charge in [0.05, 0.1) is 19.1 Å². The Morgan fingerprint density at radius 3 is 2.33 bits per heavy atom. The number of anilines is 1. The van der Waals surface area contributed by atoms with Crippen LogP contribution < -0.4 is 9.46 Å². The number of ether oxygens (including phenoxy) is 2. The molecule has 0 spiro atoms. The molecular formula is C27H38N2O6S. The molecule has 1 amide bonds. The number of aryl methyl sites for hydroxylation is 1. The van der Waals surface area contributed by atoms with Crippen molar-refractivity contribution in [2.75, 3.05) is 31.2 Å². The summed E-state index contributed by atoms with van der Waals surface area (Å²) in [7, 11) is -2.09. The largest absolute Gasteiger partial charge is 0.495 e. The first-order valence-electron chi connectivity index (χ1n) is 12.0. The van der Waals surface area contributed by atoms with Crippen molar-refractivity contribution in [1.82, 2.24) is 4.90 Å². The lowest BCUT2D eigenvalue weighted by atomic mass is 10.0. The highest BCUT2D eigenvalue weighted by atomic mass is 32.2. The fraction of sp³-hybridized carbons (Fsp3) is 0.481. The Labute approximate surface area is 215 Å². The molecule has 0 aliphatic carbocycles. The fourth-order valence-electron chi connectivity index (χ4n) is 3.66. The number of methoxy groups -OCH3 is 1. The molecule has 2 aromatic carbocycles. The number of sulfonamides is 1. The number of carbonyl (C=O) groups is 2. The van der Waals surface area contributed by atoms with Gasteiger partial charge in [0.15, 0.2) is 5.78 Å². The quantitative estimate of drug-likeness (QED) is 0.306. The number of nitrogens with zero attached hydrogens (tertiary/aromatic N) is 1. The van der Waals surface area contributed by atoms with E-state index >= 15 is 0 Å². The van der Waals surface area contributed by atoms with Gasteiger partial charge in [0.25, 0.3) is 0 Å². The maximum Gasteiger partial charge on any atom is 0.410 e. The van der Waals surface area contributed by atoms with Crippen LogP contribution in [-0.4, -0.2) is 57.3 Å². The number of unbranched alkanes of at least 4 members (excludes halogenated alkanes) is 1. The van der Waals surface area contributed by atoms with Gasteiger partial charge in [-0.15, -0.1) is 0 Å². The van der Waals surface area contributed by atoms with Gasteiger partial charge in [0, 0.05) is 25.1 Å². The van der Waals surface area contributed by atoms with Gasteiger partial charge >= 0.3 is 6.09 Å². The van der Waals surface area contributed by atoms with Crippen LogP contribution in [0.1, 0.15) is 61.5 Å². The molecular weight excluding hydrogens is 480 g/mol. The van der Waals surface area contributed by atoms with E-state index in [9.17, 15) is 18.0 Å². The summed E-state index contributed by atoms with van der Waals surface area (Å²) in [6.45, 7) is 8.56. The summed E-state index contributed by atoms with van der Waals surface area (Å²) < 4.78 is 36.4. The van der Waals surface area contributed by atoms with Crippen LogP contribution in [0.15, 0.2) is 42.5 Å². The topological polar surface area (TPSA) is 102 Å². The summed E-state index contributed by atoms with van der Waals surface area (Å²) in [4.78, 5) is 27.2. The van der Waals surface area contributed by atoms with E-state index in [2.05, 4.69) is 23.8 Å². The second-order valence-corrected chi connectivity index (χ2v) is 11.6. The number of ketones is 1. The van der Waals surface area contributed by atoms with Crippen molar-refractivity contribution in [1.29, 1.82) is 0 Å². The maximum absolute atomic E-state index is 12.8. The van der Waals surface area contributed by atoms with E-state index in [1.54, 1.807) is 17.0 Å². The molecule has 2 aromatic rings. The van der Waals surface area contributed by atoms with Gasteiger partial charge in [-0.1, -0.05) is 24.3 Å². The van der Waals surface area contributed by atoms with E-state index in [-0.39, 0.29) is 24.0 Å². The maximum atomic E-state index is 12.8. The summed E-state index contributed by atoms with van der Waals surface area (Å²) in [5.74, 6) is 0.219. The zero-order valence-corrected chi connectivity index (χ0v) is 22.9. The predicted molar refractivity (Wildman–Crippen MR) is 142 cm³/mol. The van der Waals surface area contributed by atoms with E-state index in [1.165, 1.54) is 24.3 Å². The second kappa shape index (κ2) is 12.8. The fourth-order valence-corrected chi connectivity index (χ4v) is 4.22. The molecule has 0 aromatic heterocycles. The summed E-state index contributed by atoms with van der Waals surface area (Å²) in [6.07, 6.45) is 2.86. The first-order chi connectivity index (χ1) is 16.8. The number of Topliss-reactive ketones (excluding diaryl/α,β-unsaturated/α-hetero) is 1. The van der Waals surface area contributed by atoms with Gasteiger partial charge in [-0.05, 0) is 76.3 Å². The normalized spacial score (nSPS) is 11.6. The van der Waals surface area contributed by atoms with Crippen molar-refractivity contribution < 1.29 is 27.5 Å². The third-order valence-electron chi connectivity index (χ3n) is 5.46. The predicted octanol–water partition coefficient (Wildman–Crippen LogP) is 5.21. The van der Waals surface area contributed by atoms with Gasteiger partial charge in [0.1, 0.15) is 11.4 Å². The van der Waals surface area contributed by atoms with Crippen LogP contribution >= 0.6 is 0 Å². The monoisotopic (exact) mass is 518 g/mol. The van der Waals surface area contributed by atoms with Crippen LogP contribution in [0, 0.1) is 6.92 Å². The van der Waals surface area contributed by atoms with Crippen molar-refractivity contribution in [3.8, 4) is 5.75 Å². The van der Waals surface area contributed by atoms with Crippen molar-refractivity contribution in [2.24, 2.45) is 0 Å². The number of amides is 1. The lowest BCUT2D eigenvalue weighted by Gasteiger charge is -2.27. The molecule has 0 saturated heterocycles. The third-order valence-corrected chi connectivity index (χ3v) is 6.05. The van der Waals surface area contributed by atoms with Crippen LogP contribution in [-0.2, 0) is 21.2 Å². The lowest BCUT2D eigenvalue weighted by Crippen LogP contribution is -2.38. The number of hydrogen-bond acceptors (Lipinski definition) is 6. The minimum atomic E-state index is -3.52. The number of carbonyl (C=O) groups excluding carboxylic acids is 2. The minimum Gasteiger partial charge on any atom is -0.495 e. The number of benzene rings is 2. The van der Waals surface area contributed by atoms with E-state index in [0.29, 0.717) is 43.7 Å². The minimum absolute atomic E-state index is 0.113. The Morgan fingerprint density at radius 1 is 1.03 bits per heavy atom. The molecule has 0 aliphatic rings. The first-order valence-corrected chi connectivity index (χ1v) is 13.9. The summed E-state index contributed by atoms with van der Waals surface area (Å²) in [5, 5.41) is 0. The molecule has 0 atom stereocenters. The number of hydrogen-bond donors (Lipinski definition) is 1. The second-order valence-electron chi connectivity index (χ2n) is 9.81. The zero-order chi connectivity index (χ0) is 26.9.